The number of para-hydroxylation sites is 2. The van der Waals surface area contributed by atoms with Crippen LogP contribution in [0.5, 0.6) is 5.75 Å². The number of carbonyl (C=O) groups is 1. The van der Waals surface area contributed by atoms with Gasteiger partial charge in [-0.05, 0) is 35.7 Å². The average molecular weight is 447 g/mol. The molecule has 0 heterocycles. The van der Waals surface area contributed by atoms with Crippen molar-refractivity contribution in [1.29, 1.82) is 0 Å². The van der Waals surface area contributed by atoms with Crippen molar-refractivity contribution < 1.29 is 17.9 Å². The second-order valence-corrected chi connectivity index (χ2v) is 8.93. The number of rotatable bonds is 7. The summed E-state index contributed by atoms with van der Waals surface area (Å²) in [7, 11) is -2.56. The van der Waals surface area contributed by atoms with Crippen LogP contribution < -0.4 is 14.4 Å². The predicted octanol–water partition coefficient (Wildman–Crippen LogP) is 4.68. The fraction of sp³-hybridized carbons (Fsp3) is 0.0800. The molecule has 32 heavy (non-hydrogen) atoms. The molecule has 0 saturated carbocycles. The zero-order valence-corrected chi connectivity index (χ0v) is 18.2. The molecule has 0 saturated heterocycles. The largest absolute Gasteiger partial charge is 0.495 e. The summed E-state index contributed by atoms with van der Waals surface area (Å²) in [4.78, 5) is 13.1. The van der Waals surface area contributed by atoms with Crippen LogP contribution in [0.1, 0.15) is 0 Å². The highest BCUT2D eigenvalue weighted by Gasteiger charge is 2.29. The molecule has 0 spiro atoms. The number of hydrogen-bond donors (Lipinski definition) is 1. The van der Waals surface area contributed by atoms with Gasteiger partial charge in [0.2, 0.25) is 5.91 Å². The lowest BCUT2D eigenvalue weighted by Crippen LogP contribution is -2.38. The minimum atomic E-state index is -4.02. The number of methoxy groups -OCH3 is 1. The first-order valence-corrected chi connectivity index (χ1v) is 11.4. The Morgan fingerprint density at radius 1 is 0.844 bits per heavy atom. The summed E-state index contributed by atoms with van der Waals surface area (Å²) < 4.78 is 33.4. The van der Waals surface area contributed by atoms with Crippen molar-refractivity contribution in [1.82, 2.24) is 0 Å². The van der Waals surface area contributed by atoms with E-state index in [2.05, 4.69) is 5.32 Å². The zero-order valence-electron chi connectivity index (χ0n) is 17.4. The number of nitrogens with one attached hydrogen (secondary N) is 1. The predicted molar refractivity (Wildman–Crippen MR) is 127 cm³/mol. The molecule has 0 aromatic heterocycles. The molecule has 0 aliphatic heterocycles. The van der Waals surface area contributed by atoms with E-state index >= 15 is 0 Å². The van der Waals surface area contributed by atoms with Crippen molar-refractivity contribution in [2.75, 3.05) is 23.3 Å². The van der Waals surface area contributed by atoms with Crippen LogP contribution >= 0.6 is 0 Å². The van der Waals surface area contributed by atoms with Crippen LogP contribution in [0.3, 0.4) is 0 Å². The van der Waals surface area contributed by atoms with Gasteiger partial charge >= 0.3 is 0 Å². The first-order valence-electron chi connectivity index (χ1n) is 9.99. The summed E-state index contributed by atoms with van der Waals surface area (Å²) in [5.41, 5.74) is 0.900. The molecule has 1 amide bonds. The maximum atomic E-state index is 13.5. The molecule has 7 heteroatoms. The third-order valence-electron chi connectivity index (χ3n) is 5.04. The maximum Gasteiger partial charge on any atom is 0.264 e. The highest BCUT2D eigenvalue weighted by molar-refractivity contribution is 7.92. The van der Waals surface area contributed by atoms with Crippen molar-refractivity contribution in [3.8, 4) is 5.75 Å². The summed E-state index contributed by atoms with van der Waals surface area (Å²) in [5, 5.41) is 4.71. The Morgan fingerprint density at radius 3 is 2.28 bits per heavy atom. The van der Waals surface area contributed by atoms with E-state index < -0.39 is 22.5 Å². The molecule has 0 fully saturated rings. The van der Waals surface area contributed by atoms with E-state index in [-0.39, 0.29) is 10.6 Å². The molecule has 1 N–H and O–H groups in total. The Bertz CT molecular complexity index is 1350. The number of amides is 1. The number of carbonyl (C=O) groups excluding carboxylic acids is 1. The SMILES string of the molecule is COc1ccccc1N(CC(=O)Nc1cccc2ccccc12)S(=O)(=O)c1ccccc1. The molecule has 4 rings (SSSR count). The van der Waals surface area contributed by atoms with Crippen molar-refractivity contribution in [2.45, 2.75) is 4.90 Å². The summed E-state index contributed by atoms with van der Waals surface area (Å²) in [6.07, 6.45) is 0. The van der Waals surface area contributed by atoms with E-state index in [1.165, 1.54) is 19.2 Å². The summed E-state index contributed by atoms with van der Waals surface area (Å²) in [5.74, 6) is -0.114. The highest BCUT2D eigenvalue weighted by Crippen LogP contribution is 2.32. The molecule has 6 nitrogen and oxygen atoms in total. The van der Waals surface area contributed by atoms with Crippen molar-refractivity contribution in [3.63, 3.8) is 0 Å². The second-order valence-electron chi connectivity index (χ2n) is 7.07. The fourth-order valence-electron chi connectivity index (χ4n) is 3.51. The van der Waals surface area contributed by atoms with Crippen LogP contribution in [0.4, 0.5) is 11.4 Å². The van der Waals surface area contributed by atoms with E-state index in [0.29, 0.717) is 11.4 Å². The topological polar surface area (TPSA) is 75.7 Å². The number of nitrogens with zero attached hydrogens (tertiary/aromatic N) is 1. The van der Waals surface area contributed by atoms with Crippen LogP contribution in [0.2, 0.25) is 0 Å². The van der Waals surface area contributed by atoms with Crippen molar-refractivity contribution in [3.05, 3.63) is 97.1 Å². The van der Waals surface area contributed by atoms with Gasteiger partial charge in [0.15, 0.2) is 0 Å². The fourth-order valence-corrected chi connectivity index (χ4v) is 4.96. The molecule has 0 atom stereocenters. The van der Waals surface area contributed by atoms with Gasteiger partial charge in [-0.15, -0.1) is 0 Å². The van der Waals surface area contributed by atoms with Gasteiger partial charge in [0, 0.05) is 11.1 Å². The maximum absolute atomic E-state index is 13.5. The zero-order chi connectivity index (χ0) is 22.6. The standard InChI is InChI=1S/C25H22N2O4S/c1-31-24-17-8-7-16-23(24)27(32(29,30)20-12-3-2-4-13-20)18-25(28)26-22-15-9-11-19-10-5-6-14-21(19)22/h2-17H,18H2,1H3,(H,26,28). The summed E-state index contributed by atoms with van der Waals surface area (Å²) in [6.45, 7) is -0.416. The molecule has 4 aromatic carbocycles. The molecule has 4 aromatic rings. The van der Waals surface area contributed by atoms with Gasteiger partial charge in [0.1, 0.15) is 12.3 Å². The Balaban J connectivity index is 1.71. The van der Waals surface area contributed by atoms with Gasteiger partial charge in [-0.3, -0.25) is 9.10 Å². The van der Waals surface area contributed by atoms with Gasteiger partial charge in [0.05, 0.1) is 17.7 Å². The smallest absolute Gasteiger partial charge is 0.264 e. The second kappa shape index (κ2) is 9.11. The number of fused-ring (bicyclic) bond motifs is 1. The molecule has 0 aliphatic carbocycles. The lowest BCUT2D eigenvalue weighted by atomic mass is 10.1. The first-order chi connectivity index (χ1) is 15.5. The van der Waals surface area contributed by atoms with Crippen molar-refractivity contribution in [2.24, 2.45) is 0 Å². The van der Waals surface area contributed by atoms with Crippen LogP contribution in [0, 0.1) is 0 Å². The van der Waals surface area contributed by atoms with E-state index in [4.69, 9.17) is 4.74 Å². The number of ether oxygens (including phenoxy) is 1. The molecule has 0 aliphatic rings. The molecule has 0 bridgehead atoms. The minimum absolute atomic E-state index is 0.0869. The van der Waals surface area contributed by atoms with E-state index in [1.54, 1.807) is 48.5 Å². The quantitative estimate of drug-likeness (QED) is 0.447. The molecule has 0 unspecified atom stereocenters. The molecule has 0 radical (unpaired) electrons. The van der Waals surface area contributed by atoms with Gasteiger partial charge < -0.3 is 10.1 Å². The van der Waals surface area contributed by atoms with Crippen LogP contribution in [-0.2, 0) is 14.8 Å². The lowest BCUT2D eigenvalue weighted by molar-refractivity contribution is -0.114. The minimum Gasteiger partial charge on any atom is -0.495 e. The number of benzene rings is 4. The monoisotopic (exact) mass is 446 g/mol. The van der Waals surface area contributed by atoms with Gasteiger partial charge in [-0.2, -0.15) is 0 Å². The highest BCUT2D eigenvalue weighted by atomic mass is 32.2. The normalized spacial score (nSPS) is 11.2. The Morgan fingerprint density at radius 2 is 1.50 bits per heavy atom. The van der Waals surface area contributed by atoms with Crippen LogP contribution in [0.15, 0.2) is 102 Å². The number of hydrogen-bond acceptors (Lipinski definition) is 4. The molecular formula is C25H22N2O4S. The van der Waals surface area contributed by atoms with E-state index in [0.717, 1.165) is 15.1 Å². The molecular weight excluding hydrogens is 424 g/mol. The van der Waals surface area contributed by atoms with Crippen molar-refractivity contribution >= 4 is 38.1 Å². The van der Waals surface area contributed by atoms with Gasteiger partial charge in [-0.25, -0.2) is 8.42 Å². The summed E-state index contributed by atoms with van der Waals surface area (Å²) in [6, 6.07) is 28.0. The number of sulfonamides is 1. The van der Waals surface area contributed by atoms with Crippen LogP contribution in [0.25, 0.3) is 10.8 Å². The van der Waals surface area contributed by atoms with Gasteiger partial charge in [-0.1, -0.05) is 66.7 Å². The van der Waals surface area contributed by atoms with Crippen LogP contribution in [-0.4, -0.2) is 28.0 Å². The Labute approximate surface area is 187 Å². The first kappa shape index (κ1) is 21.4. The lowest BCUT2D eigenvalue weighted by Gasteiger charge is -2.25. The Kier molecular flexibility index (Phi) is 6.09. The Hall–Kier alpha value is -3.84. The third-order valence-corrected chi connectivity index (χ3v) is 6.81. The van der Waals surface area contributed by atoms with E-state index in [1.807, 2.05) is 36.4 Å². The summed E-state index contributed by atoms with van der Waals surface area (Å²) >= 11 is 0. The van der Waals surface area contributed by atoms with E-state index in [9.17, 15) is 13.2 Å². The number of anilines is 2. The third kappa shape index (κ3) is 4.29. The van der Waals surface area contributed by atoms with Gasteiger partial charge in [0.25, 0.3) is 10.0 Å². The average Bonchev–Trinajstić information content (AvgIpc) is 2.83. The molecule has 162 valence electrons.